The van der Waals surface area contributed by atoms with Crippen molar-refractivity contribution >= 4 is 33.7 Å². The Bertz CT molecular complexity index is 2630. The van der Waals surface area contributed by atoms with Crippen LogP contribution in [0.1, 0.15) is 231 Å². The van der Waals surface area contributed by atoms with Gasteiger partial charge in [0.05, 0.1) is 0 Å². The van der Waals surface area contributed by atoms with Crippen molar-refractivity contribution in [2.75, 3.05) is 18.5 Å². The van der Waals surface area contributed by atoms with Crippen molar-refractivity contribution < 1.29 is 87.8 Å². The molecule has 0 bridgehead atoms. The van der Waals surface area contributed by atoms with Gasteiger partial charge in [-0.3, -0.25) is 0 Å². The van der Waals surface area contributed by atoms with Crippen LogP contribution in [0.15, 0.2) is 24.3 Å². The zero-order valence-electron chi connectivity index (χ0n) is 51.6. The summed E-state index contributed by atoms with van der Waals surface area (Å²) < 4.78 is 294. The molecular weight excluding hydrogens is 1220 g/mol. The van der Waals surface area contributed by atoms with E-state index in [-0.39, 0.29) is 0 Å². The second-order valence-electron chi connectivity index (χ2n) is 23.6. The topological polar surface area (TPSA) is 3.24 Å². The fraction of sp³-hybridized carbons (Fsp3) is 0.559. The largest absolute Gasteiger partial charge is 0.375 e. The average molecular weight is 1310 g/mol. The molecule has 0 atom stereocenters. The van der Waals surface area contributed by atoms with Gasteiger partial charge in [0.2, 0.25) is 0 Å². The minimum absolute atomic E-state index is 1.19. The third kappa shape index (κ3) is 20.0. The molecule has 0 N–H and O–H groups in total. The van der Waals surface area contributed by atoms with E-state index in [4.69, 9.17) is 0 Å². The molecule has 0 fully saturated rings. The number of hydrogen-bond donors (Lipinski definition) is 0. The van der Waals surface area contributed by atoms with Gasteiger partial charge in [0.1, 0.15) is 52.7 Å². The van der Waals surface area contributed by atoms with Crippen molar-refractivity contribution in [1.82, 2.24) is 0 Å². The van der Waals surface area contributed by atoms with Gasteiger partial charge in [-0.05, 0) is 37.0 Å². The van der Waals surface area contributed by atoms with E-state index in [1.54, 1.807) is 0 Å². The molecule has 22 heteroatoms. The highest BCUT2D eigenvalue weighted by Crippen LogP contribution is 2.31. The van der Waals surface area contributed by atoms with Crippen LogP contribution in [-0.2, 0) is 6.42 Å². The zero-order valence-corrected chi connectivity index (χ0v) is 51.6. The van der Waals surface area contributed by atoms with Crippen LogP contribution < -0.4 is 26.8 Å². The predicted molar refractivity (Wildman–Crippen MR) is 316 cm³/mol. The number of rotatable bonds is 40. The maximum Gasteiger partial charge on any atom is 0.200 e. The van der Waals surface area contributed by atoms with Gasteiger partial charge in [-0.25, -0.2) is 87.8 Å². The van der Waals surface area contributed by atoms with Crippen LogP contribution in [0.5, 0.6) is 0 Å². The second kappa shape index (κ2) is 39.2. The summed E-state index contributed by atoms with van der Waals surface area (Å²) in [6, 6.07) is 9.47. The van der Waals surface area contributed by atoms with Gasteiger partial charge < -0.3 is 4.90 Å². The van der Waals surface area contributed by atoms with Gasteiger partial charge in [0.25, 0.3) is 0 Å². The Kier molecular flexibility index (Phi) is 33.5. The molecule has 0 saturated heterocycles. The van der Waals surface area contributed by atoms with Gasteiger partial charge in [0.15, 0.2) is 69.8 Å². The highest BCUT2D eigenvalue weighted by molar-refractivity contribution is 7.20. The highest BCUT2D eigenvalue weighted by atomic mass is 19.2. The summed E-state index contributed by atoms with van der Waals surface area (Å²) in [6.45, 7) is 5.80. The SMILES string of the molecule is CCCCCCCCCCCCCCCCCCCc1ccc(N(C)CCCCCCCCCCCCCCCCCC)cc1.Fc1c(F)c(F)c([B-](c2c(F)c(F)c(F)c(F)c2F)(c2c(F)c(F)c(F)c(F)c2F)c2c(F)c(F)c(F)c(F)c2F)c(F)c1F. The Hall–Kier alpha value is -5.44. The van der Waals surface area contributed by atoms with Crippen LogP contribution in [-0.4, -0.2) is 19.7 Å². The summed E-state index contributed by atoms with van der Waals surface area (Å²) in [4.78, 5) is 2.46. The normalized spacial score (nSPS) is 11.7. The van der Waals surface area contributed by atoms with Gasteiger partial charge >= 0.3 is 0 Å². The molecule has 0 amide bonds. The molecule has 0 spiro atoms. The third-order valence-corrected chi connectivity index (χ3v) is 17.0. The number of hydrogen-bond acceptors (Lipinski definition) is 1. The van der Waals surface area contributed by atoms with E-state index in [1.165, 1.54) is 236 Å². The number of benzene rings is 5. The van der Waals surface area contributed by atoms with Crippen LogP contribution in [0.25, 0.3) is 0 Å². The molecule has 90 heavy (non-hydrogen) atoms. The minimum atomic E-state index is -7.22. The van der Waals surface area contributed by atoms with E-state index in [0.717, 1.165) is 0 Å². The third-order valence-electron chi connectivity index (χ3n) is 17.0. The zero-order chi connectivity index (χ0) is 66.7. The van der Waals surface area contributed by atoms with Crippen molar-refractivity contribution in [3.8, 4) is 0 Å². The first kappa shape index (κ1) is 77.0. The van der Waals surface area contributed by atoms with Crippen molar-refractivity contribution in [3.63, 3.8) is 0 Å². The second-order valence-corrected chi connectivity index (χ2v) is 23.6. The number of aryl methyl sites for hydroxylation is 1. The average Bonchev–Trinajstić information content (AvgIpc) is 0.684. The number of nitrogens with zero attached hydrogens (tertiary/aromatic N) is 1. The van der Waals surface area contributed by atoms with Crippen LogP contribution >= 0.6 is 0 Å². The molecule has 1 nitrogen and oxygen atoms in total. The van der Waals surface area contributed by atoms with Gasteiger partial charge in [0, 0.05) is 19.3 Å². The van der Waals surface area contributed by atoms with Crippen LogP contribution in [0, 0.1) is 116 Å². The van der Waals surface area contributed by atoms with E-state index >= 15 is 35.1 Å². The molecule has 5 rings (SSSR count). The first-order chi connectivity index (χ1) is 43.0. The summed E-state index contributed by atoms with van der Waals surface area (Å²) in [6.07, 6.45) is 41.7. The van der Waals surface area contributed by atoms with Crippen molar-refractivity contribution in [2.24, 2.45) is 0 Å². The molecule has 0 aliphatic rings. The van der Waals surface area contributed by atoms with Gasteiger partial charge in [-0.15, -0.1) is 21.9 Å². The molecule has 0 heterocycles. The monoisotopic (exact) mass is 1300 g/mol. The van der Waals surface area contributed by atoms with E-state index < -0.39 is 144 Å². The fourth-order valence-corrected chi connectivity index (χ4v) is 11.9. The Morgan fingerprint density at radius 2 is 0.411 bits per heavy atom. The van der Waals surface area contributed by atoms with Crippen LogP contribution in [0.3, 0.4) is 0 Å². The lowest BCUT2D eigenvalue weighted by atomic mass is 9.12. The Morgan fingerprint density at radius 3 is 0.622 bits per heavy atom. The van der Waals surface area contributed by atoms with Gasteiger partial charge in [-0.1, -0.05) is 225 Å². The van der Waals surface area contributed by atoms with Crippen LogP contribution in [0.4, 0.5) is 93.5 Å². The first-order valence-corrected chi connectivity index (χ1v) is 32.0. The summed E-state index contributed by atoms with van der Waals surface area (Å²) in [5, 5.41) is 0. The van der Waals surface area contributed by atoms with Crippen molar-refractivity contribution in [1.29, 1.82) is 0 Å². The summed E-state index contributed by atoms with van der Waals surface area (Å²) >= 11 is 0. The Labute approximate surface area is 516 Å². The molecular formula is C68H83BF20N-. The Balaban J connectivity index is 0.000000384. The smallest absolute Gasteiger partial charge is 0.200 e. The number of anilines is 1. The van der Waals surface area contributed by atoms with Crippen LogP contribution in [0.2, 0.25) is 0 Å². The van der Waals surface area contributed by atoms with Crippen molar-refractivity contribution in [2.45, 2.75) is 232 Å². The fourth-order valence-electron chi connectivity index (χ4n) is 11.9. The Morgan fingerprint density at radius 1 is 0.233 bits per heavy atom. The minimum Gasteiger partial charge on any atom is -0.375 e. The number of halogens is 20. The maximum absolute atomic E-state index is 15.4. The molecule has 0 aliphatic heterocycles. The molecule has 5 aromatic rings. The molecule has 0 unspecified atom stereocenters. The van der Waals surface area contributed by atoms with Gasteiger partial charge in [-0.2, -0.15) is 0 Å². The summed E-state index contributed by atoms with van der Waals surface area (Å²) in [5.74, 6) is -71.4. The predicted octanol–water partition coefficient (Wildman–Crippen LogP) is 21.4. The maximum atomic E-state index is 15.4. The molecule has 504 valence electrons. The van der Waals surface area contributed by atoms with E-state index in [1.807, 2.05) is 0 Å². The molecule has 0 aliphatic carbocycles. The van der Waals surface area contributed by atoms with E-state index in [2.05, 4.69) is 50.1 Å². The first-order valence-electron chi connectivity index (χ1n) is 32.0. The standard InChI is InChI=1S/C44H83N.C24BF20/c1-4-6-8-10-12-14-16-18-20-22-23-25-27-29-31-33-35-37-43-38-40-44(41-39-43)45(3)42-36-34-32-30-28-26-24-21-19-17-15-13-11-9-7-5-2;26-5-1(6(27)14(35)21(42)13(5)34)25(2-7(28)15(36)22(43)16(37)8(2)29,3-9(30)17(38)23(44)18(39)10(3)31)4-11(32)19(40)24(45)20(41)12(4)33/h38-41H,4-37,42H2,1-3H3;/q;-1. The highest BCUT2D eigenvalue weighted by Gasteiger charge is 2.52. The van der Waals surface area contributed by atoms with Crippen molar-refractivity contribution in [3.05, 3.63) is 146 Å². The quantitative estimate of drug-likeness (QED) is 0.0124. The lowest BCUT2D eigenvalue weighted by Gasteiger charge is -2.44. The molecule has 0 aromatic heterocycles. The summed E-state index contributed by atoms with van der Waals surface area (Å²) in [5.41, 5.74) is -11.4. The lowest BCUT2D eigenvalue weighted by Crippen LogP contribution is -2.81. The molecule has 0 saturated carbocycles. The molecule has 5 aromatic carbocycles. The van der Waals surface area contributed by atoms with E-state index in [9.17, 15) is 52.7 Å². The van der Waals surface area contributed by atoms with E-state index in [0.29, 0.717) is 0 Å². The lowest BCUT2D eigenvalue weighted by molar-refractivity contribution is 0.378. The number of unbranched alkanes of at least 4 members (excludes halogenated alkanes) is 31. The molecule has 0 radical (unpaired) electrons. The summed E-state index contributed by atoms with van der Waals surface area (Å²) in [7, 11) is 2.27.